The van der Waals surface area contributed by atoms with Gasteiger partial charge in [-0.1, -0.05) is 0 Å². The van der Waals surface area contributed by atoms with Crippen molar-refractivity contribution in [1.29, 1.82) is 0 Å². The molecular weight excluding hydrogens is 503 g/mol. The van der Waals surface area contributed by atoms with Crippen LogP contribution in [0.1, 0.15) is 43.0 Å². The lowest BCUT2D eigenvalue weighted by Crippen LogP contribution is -2.48. The molecule has 2 bridgehead atoms. The van der Waals surface area contributed by atoms with Crippen LogP contribution in [0.15, 0.2) is 18.2 Å². The highest BCUT2D eigenvalue weighted by Gasteiger charge is 2.72. The molecular formula is C23H25FO11S. The average molecular weight is 529 g/mol. The predicted octanol–water partition coefficient (Wildman–Crippen LogP) is 1.43. The molecule has 0 amide bonds. The second-order valence-electron chi connectivity index (χ2n) is 9.75. The van der Waals surface area contributed by atoms with E-state index in [1.807, 2.05) is 6.92 Å². The minimum atomic E-state index is -4.36. The number of benzene rings is 1. The van der Waals surface area contributed by atoms with E-state index in [1.165, 1.54) is 12.1 Å². The molecule has 11 nitrogen and oxygen atoms in total. The van der Waals surface area contributed by atoms with Crippen molar-refractivity contribution in [2.24, 2.45) is 11.8 Å². The first kappa shape index (κ1) is 24.9. The molecule has 1 aromatic carbocycles. The smallest absolute Gasteiger partial charge is 0.338 e. The Bertz CT molecular complexity index is 1190. The number of carbonyl (C=O) groups excluding carboxylic acids is 3. The average Bonchev–Trinajstić information content (AvgIpc) is 3.52. The van der Waals surface area contributed by atoms with Gasteiger partial charge in [0.05, 0.1) is 5.56 Å². The van der Waals surface area contributed by atoms with Crippen LogP contribution in [0.4, 0.5) is 4.39 Å². The van der Waals surface area contributed by atoms with Gasteiger partial charge in [0.1, 0.15) is 42.0 Å². The number of hydrogen-bond donors (Lipinski definition) is 1. The van der Waals surface area contributed by atoms with Gasteiger partial charge in [-0.3, -0.25) is 14.1 Å². The quantitative estimate of drug-likeness (QED) is 0.296. The maximum Gasteiger partial charge on any atom is 0.338 e. The Balaban J connectivity index is 1.30. The zero-order valence-electron chi connectivity index (χ0n) is 19.3. The molecule has 1 aliphatic carbocycles. The lowest BCUT2D eigenvalue weighted by molar-refractivity contribution is -0.155. The summed E-state index contributed by atoms with van der Waals surface area (Å²) in [4.78, 5) is 38.0. The molecule has 196 valence electrons. The van der Waals surface area contributed by atoms with Crippen molar-refractivity contribution in [2.45, 2.75) is 62.6 Å². The molecule has 13 heteroatoms. The Labute approximate surface area is 205 Å². The van der Waals surface area contributed by atoms with E-state index < -0.39 is 88.1 Å². The van der Waals surface area contributed by atoms with Crippen LogP contribution in [0, 0.1) is 17.7 Å². The summed E-state index contributed by atoms with van der Waals surface area (Å²) in [5, 5.41) is 0. The highest BCUT2D eigenvalue weighted by Crippen LogP contribution is 2.51. The summed E-state index contributed by atoms with van der Waals surface area (Å²) in [5.74, 6) is -6.18. The molecule has 6 atom stereocenters. The Hall–Kier alpha value is -2.77. The van der Waals surface area contributed by atoms with Gasteiger partial charge in [0.25, 0.3) is 10.1 Å². The van der Waals surface area contributed by atoms with Crippen LogP contribution in [0.5, 0.6) is 5.75 Å². The third-order valence-corrected chi connectivity index (χ3v) is 7.87. The number of halogens is 1. The van der Waals surface area contributed by atoms with Gasteiger partial charge in [-0.05, 0) is 50.8 Å². The Kier molecular flexibility index (Phi) is 6.20. The third kappa shape index (κ3) is 4.55. The second-order valence-corrected chi connectivity index (χ2v) is 11.3. The largest absolute Gasteiger partial charge is 0.484 e. The molecule has 3 heterocycles. The minimum absolute atomic E-state index is 0.00363. The number of esters is 3. The van der Waals surface area contributed by atoms with Crippen molar-refractivity contribution in [3.63, 3.8) is 0 Å². The molecule has 3 aliphatic heterocycles. The Morgan fingerprint density at radius 3 is 2.61 bits per heavy atom. The number of ether oxygens (including phenoxy) is 5. The third-order valence-electron chi connectivity index (χ3n) is 7.19. The summed E-state index contributed by atoms with van der Waals surface area (Å²) in [5.41, 5.74) is -0.526. The van der Waals surface area contributed by atoms with Crippen LogP contribution >= 0.6 is 0 Å². The fourth-order valence-corrected chi connectivity index (χ4v) is 5.77. The molecule has 6 unspecified atom stereocenters. The van der Waals surface area contributed by atoms with E-state index in [2.05, 4.69) is 0 Å². The lowest BCUT2D eigenvalue weighted by atomic mass is 9.78. The molecule has 1 saturated carbocycles. The first-order valence-corrected chi connectivity index (χ1v) is 13.2. The zero-order chi connectivity index (χ0) is 25.8. The maximum atomic E-state index is 14.4. The molecule has 36 heavy (non-hydrogen) atoms. The molecule has 1 N–H and O–H groups in total. The molecule has 4 fully saturated rings. The van der Waals surface area contributed by atoms with E-state index >= 15 is 0 Å². The zero-order valence-corrected chi connectivity index (χ0v) is 20.1. The first-order chi connectivity index (χ1) is 17.0. The van der Waals surface area contributed by atoms with Gasteiger partial charge in [-0.15, -0.1) is 0 Å². The highest BCUT2D eigenvalue weighted by molar-refractivity contribution is 7.85. The first-order valence-electron chi connectivity index (χ1n) is 11.6. The summed E-state index contributed by atoms with van der Waals surface area (Å²) in [6, 6.07) is 3.59. The summed E-state index contributed by atoms with van der Waals surface area (Å²) in [6.07, 6.45) is -0.507. The second kappa shape index (κ2) is 8.96. The van der Waals surface area contributed by atoms with Crippen molar-refractivity contribution >= 4 is 28.0 Å². The van der Waals surface area contributed by atoms with Gasteiger partial charge in [0.15, 0.2) is 23.8 Å². The van der Waals surface area contributed by atoms with Crippen molar-refractivity contribution in [1.82, 2.24) is 0 Å². The summed E-state index contributed by atoms with van der Waals surface area (Å²) in [7, 11) is -4.36. The fraction of sp³-hybridized carbons (Fsp3) is 0.609. The van der Waals surface area contributed by atoms with Crippen LogP contribution in [-0.4, -0.2) is 73.3 Å². The monoisotopic (exact) mass is 528 g/mol. The van der Waals surface area contributed by atoms with Gasteiger partial charge < -0.3 is 23.7 Å². The van der Waals surface area contributed by atoms with Crippen LogP contribution in [0.2, 0.25) is 0 Å². The van der Waals surface area contributed by atoms with E-state index in [0.717, 1.165) is 31.7 Å². The summed E-state index contributed by atoms with van der Waals surface area (Å²) >= 11 is 0. The number of rotatable bonds is 8. The SMILES string of the molecule is CC1(Oc2cc(C(=O)OC3C4OC(=O)C5C4OC3C5C(=O)OCCS(=O)(=O)O)ccc2F)CCCC1. The van der Waals surface area contributed by atoms with Crippen molar-refractivity contribution < 1.29 is 55.4 Å². The van der Waals surface area contributed by atoms with Gasteiger partial charge in [0.2, 0.25) is 0 Å². The summed E-state index contributed by atoms with van der Waals surface area (Å²) in [6.45, 7) is 1.26. The van der Waals surface area contributed by atoms with Crippen LogP contribution < -0.4 is 4.74 Å². The van der Waals surface area contributed by atoms with Crippen molar-refractivity contribution in [2.75, 3.05) is 12.4 Å². The molecule has 0 aromatic heterocycles. The highest BCUT2D eigenvalue weighted by atomic mass is 32.2. The number of hydrogen-bond acceptors (Lipinski definition) is 10. The van der Waals surface area contributed by atoms with Crippen LogP contribution in [-0.2, 0) is 38.7 Å². The molecule has 5 rings (SSSR count). The van der Waals surface area contributed by atoms with Crippen molar-refractivity contribution in [3.05, 3.63) is 29.6 Å². The van der Waals surface area contributed by atoms with E-state index in [-0.39, 0.29) is 11.3 Å². The maximum absolute atomic E-state index is 14.4. The Morgan fingerprint density at radius 2 is 1.92 bits per heavy atom. The van der Waals surface area contributed by atoms with Crippen molar-refractivity contribution in [3.8, 4) is 5.75 Å². The molecule has 1 aromatic rings. The number of carbonyl (C=O) groups is 3. The Morgan fingerprint density at radius 1 is 1.19 bits per heavy atom. The predicted molar refractivity (Wildman–Crippen MR) is 116 cm³/mol. The fourth-order valence-electron chi connectivity index (χ4n) is 5.47. The van der Waals surface area contributed by atoms with Crippen LogP contribution in [0.3, 0.4) is 0 Å². The van der Waals surface area contributed by atoms with E-state index in [1.54, 1.807) is 0 Å². The van der Waals surface area contributed by atoms with E-state index in [4.69, 9.17) is 28.2 Å². The number of fused-ring (bicyclic) bond motifs is 1. The van der Waals surface area contributed by atoms with Gasteiger partial charge in [-0.25, -0.2) is 9.18 Å². The van der Waals surface area contributed by atoms with Gasteiger partial charge >= 0.3 is 17.9 Å². The minimum Gasteiger partial charge on any atom is -0.484 e. The normalized spacial score (nSPS) is 31.8. The van der Waals surface area contributed by atoms with Crippen LogP contribution in [0.25, 0.3) is 0 Å². The molecule has 3 saturated heterocycles. The lowest BCUT2D eigenvalue weighted by Gasteiger charge is -2.27. The molecule has 0 spiro atoms. The molecule has 0 radical (unpaired) electrons. The van der Waals surface area contributed by atoms with Gasteiger partial charge in [-0.2, -0.15) is 8.42 Å². The van der Waals surface area contributed by atoms with E-state index in [0.29, 0.717) is 0 Å². The standard InChI is InChI=1S/C23H25FO11S/c1-23(6-2-3-7-23)35-13-10-11(4-5-12(13)24)20(25)33-18-16-14(21(26)31-8-9-36(28,29)30)15-17(32-16)19(18)34-22(15)27/h4-5,10,14-19H,2-3,6-9H2,1H3,(H,28,29,30). The topological polar surface area (TPSA) is 152 Å². The summed E-state index contributed by atoms with van der Waals surface area (Å²) < 4.78 is 72.4. The van der Waals surface area contributed by atoms with E-state index in [9.17, 15) is 27.2 Å². The molecule has 4 aliphatic rings. The van der Waals surface area contributed by atoms with Gasteiger partial charge in [0, 0.05) is 0 Å².